The zero-order valence-corrected chi connectivity index (χ0v) is 26.2. The SMILES string of the molecule is C=C1/C=C\C=C/C/C(c2ccc3ccccc3c2)=c2/cccc/c2=C/1C1=CC=C(/C(C)=C/C=C2/C=CC=CC2)C2=C=C1C=CC=C2. The van der Waals surface area contributed by atoms with Crippen LogP contribution in [0.3, 0.4) is 0 Å². The minimum atomic E-state index is 0.823. The van der Waals surface area contributed by atoms with E-state index < -0.39 is 0 Å². The van der Waals surface area contributed by atoms with Gasteiger partial charge in [0.15, 0.2) is 0 Å². The molecule has 3 aromatic rings. The van der Waals surface area contributed by atoms with Gasteiger partial charge >= 0.3 is 0 Å². The van der Waals surface area contributed by atoms with Crippen LogP contribution < -0.4 is 10.4 Å². The van der Waals surface area contributed by atoms with Crippen molar-refractivity contribution in [1.29, 1.82) is 0 Å². The van der Waals surface area contributed by atoms with Crippen molar-refractivity contribution < 1.29 is 0 Å². The van der Waals surface area contributed by atoms with E-state index in [2.05, 4.69) is 183 Å². The molecule has 0 atom stereocenters. The number of hydrogen-bond acceptors (Lipinski definition) is 0. The van der Waals surface area contributed by atoms with Gasteiger partial charge in [0, 0.05) is 11.1 Å². The maximum absolute atomic E-state index is 4.63. The standard InChI is InChI=1S/C46H36/c1-33(25-26-35-16-6-4-7-17-35)41-29-30-43(39-21-12-11-20-38(41)32-39)46-34(2)15-5-3-8-22-42(44-23-13-14-24-45(44)46)40-28-27-36-18-9-10-19-37(36)31-40/h3-16,18-21,23-31H,2,17,22H2,1H3/b8-3-,15-5-,33-25+,35-26-,44-42+,46-45+. The first-order valence-corrected chi connectivity index (χ1v) is 16.0. The molecule has 0 nitrogen and oxygen atoms in total. The highest BCUT2D eigenvalue weighted by molar-refractivity contribution is 5.89. The fourth-order valence-corrected chi connectivity index (χ4v) is 6.46. The molecular formula is C46H36. The zero-order chi connectivity index (χ0) is 31.3. The first-order valence-electron chi connectivity index (χ1n) is 16.0. The Morgan fingerprint density at radius 1 is 0.696 bits per heavy atom. The smallest absolute Gasteiger partial charge is 0.0250 e. The van der Waals surface area contributed by atoms with Gasteiger partial charge in [-0.3, -0.25) is 0 Å². The van der Waals surface area contributed by atoms with E-state index in [0.717, 1.165) is 40.7 Å². The van der Waals surface area contributed by atoms with Crippen LogP contribution in [0, 0.1) is 0 Å². The molecule has 46 heavy (non-hydrogen) atoms. The van der Waals surface area contributed by atoms with Crippen molar-refractivity contribution in [3.63, 3.8) is 0 Å². The van der Waals surface area contributed by atoms with Crippen LogP contribution in [0.25, 0.3) is 21.9 Å². The quantitative estimate of drug-likeness (QED) is 0.266. The number of rotatable bonds is 4. The molecule has 0 spiro atoms. The summed E-state index contributed by atoms with van der Waals surface area (Å²) in [7, 11) is 0. The Kier molecular flexibility index (Phi) is 8.29. The molecule has 0 heterocycles. The molecule has 0 heteroatoms. The van der Waals surface area contributed by atoms with Crippen LogP contribution in [0.4, 0.5) is 0 Å². The van der Waals surface area contributed by atoms with Crippen LogP contribution in [-0.2, 0) is 0 Å². The molecule has 0 amide bonds. The molecule has 0 unspecified atom stereocenters. The Hall–Kier alpha value is -5.68. The number of allylic oxidation sites excluding steroid dienone is 22. The summed E-state index contributed by atoms with van der Waals surface area (Å²) in [5, 5.41) is 4.90. The van der Waals surface area contributed by atoms with Gasteiger partial charge < -0.3 is 0 Å². The van der Waals surface area contributed by atoms with Gasteiger partial charge in [0.1, 0.15) is 0 Å². The average Bonchev–Trinajstić information content (AvgIpc) is 3.45. The maximum atomic E-state index is 4.63. The van der Waals surface area contributed by atoms with Gasteiger partial charge in [0.2, 0.25) is 0 Å². The molecule has 0 saturated carbocycles. The van der Waals surface area contributed by atoms with Gasteiger partial charge in [-0.15, -0.1) is 5.73 Å². The zero-order valence-electron chi connectivity index (χ0n) is 26.2. The van der Waals surface area contributed by atoms with E-state index in [0.29, 0.717) is 0 Å². The lowest BCUT2D eigenvalue weighted by Gasteiger charge is -2.16. The second-order valence-electron chi connectivity index (χ2n) is 11.9. The fourth-order valence-electron chi connectivity index (χ4n) is 6.46. The monoisotopic (exact) mass is 588 g/mol. The molecule has 0 aliphatic heterocycles. The molecule has 0 fully saturated rings. The van der Waals surface area contributed by atoms with Gasteiger partial charge in [0.25, 0.3) is 0 Å². The minimum absolute atomic E-state index is 0.823. The highest BCUT2D eigenvalue weighted by Crippen LogP contribution is 2.33. The molecule has 0 aromatic heterocycles. The first kappa shape index (κ1) is 29.1. The van der Waals surface area contributed by atoms with Crippen molar-refractivity contribution in [3.8, 4) is 0 Å². The van der Waals surface area contributed by atoms with Crippen molar-refractivity contribution in [1.82, 2.24) is 0 Å². The molecule has 4 aliphatic carbocycles. The van der Waals surface area contributed by atoms with Gasteiger partial charge in [-0.25, -0.2) is 0 Å². The summed E-state index contributed by atoms with van der Waals surface area (Å²) in [6.45, 7) is 6.82. The topological polar surface area (TPSA) is 0 Å². The predicted molar refractivity (Wildman–Crippen MR) is 197 cm³/mol. The number of fused-ring (bicyclic) bond motifs is 2. The van der Waals surface area contributed by atoms with Crippen LogP contribution in [0.1, 0.15) is 25.3 Å². The Bertz CT molecular complexity index is 2280. The average molecular weight is 589 g/mol. The third kappa shape index (κ3) is 6.00. The van der Waals surface area contributed by atoms with E-state index in [1.165, 1.54) is 49.1 Å². The summed E-state index contributed by atoms with van der Waals surface area (Å²) < 4.78 is 0. The van der Waals surface area contributed by atoms with E-state index in [1.54, 1.807) is 0 Å². The lowest BCUT2D eigenvalue weighted by Crippen LogP contribution is -2.30. The minimum Gasteiger partial charge on any atom is -0.104 e. The van der Waals surface area contributed by atoms with E-state index in [9.17, 15) is 0 Å². The highest BCUT2D eigenvalue weighted by Gasteiger charge is 2.18. The summed E-state index contributed by atoms with van der Waals surface area (Å²) in [4.78, 5) is 0. The summed E-state index contributed by atoms with van der Waals surface area (Å²) in [6, 6.07) is 24.2. The fraction of sp³-hybridized carbons (Fsp3) is 0.0652. The number of benzene rings is 3. The molecule has 0 saturated heterocycles. The number of hydrogen-bond donors (Lipinski definition) is 0. The van der Waals surface area contributed by atoms with Gasteiger partial charge in [-0.2, -0.15) is 0 Å². The molecule has 7 rings (SSSR count). The van der Waals surface area contributed by atoms with Crippen molar-refractivity contribution >= 4 is 21.9 Å². The van der Waals surface area contributed by atoms with Crippen molar-refractivity contribution in [2.45, 2.75) is 19.8 Å². The summed E-state index contributed by atoms with van der Waals surface area (Å²) in [5.74, 6) is 0. The Labute approximate surface area is 272 Å². The maximum Gasteiger partial charge on any atom is 0.0250 e. The van der Waals surface area contributed by atoms with Crippen LogP contribution in [0.15, 0.2) is 215 Å². The molecular weight excluding hydrogens is 553 g/mol. The predicted octanol–water partition coefficient (Wildman–Crippen LogP) is 10.1. The summed E-state index contributed by atoms with van der Waals surface area (Å²) in [5.41, 5.74) is 15.3. The molecule has 0 N–H and O–H groups in total. The van der Waals surface area contributed by atoms with E-state index in [4.69, 9.17) is 0 Å². The molecule has 2 bridgehead atoms. The largest absolute Gasteiger partial charge is 0.104 e. The Morgan fingerprint density at radius 2 is 1.41 bits per heavy atom. The third-order valence-electron chi connectivity index (χ3n) is 8.86. The molecule has 0 radical (unpaired) electrons. The van der Waals surface area contributed by atoms with E-state index in [1.807, 2.05) is 0 Å². The van der Waals surface area contributed by atoms with Crippen LogP contribution in [0.2, 0.25) is 0 Å². The van der Waals surface area contributed by atoms with Crippen molar-refractivity contribution in [2.24, 2.45) is 0 Å². The Morgan fingerprint density at radius 3 is 2.24 bits per heavy atom. The summed E-state index contributed by atoms with van der Waals surface area (Å²) in [6.07, 6.45) is 36.6. The summed E-state index contributed by atoms with van der Waals surface area (Å²) >= 11 is 0. The second-order valence-corrected chi connectivity index (χ2v) is 11.9. The van der Waals surface area contributed by atoms with Gasteiger partial charge in [-0.1, -0.05) is 152 Å². The van der Waals surface area contributed by atoms with Crippen molar-refractivity contribution in [3.05, 3.63) is 231 Å². The molecule has 4 aliphatic rings. The van der Waals surface area contributed by atoms with Crippen LogP contribution >= 0.6 is 0 Å². The molecule has 3 aromatic carbocycles. The Balaban J connectivity index is 1.48. The lowest BCUT2D eigenvalue weighted by atomic mass is 9.87. The van der Waals surface area contributed by atoms with Gasteiger partial charge in [-0.05, 0) is 104 Å². The molecule has 220 valence electrons. The second kappa shape index (κ2) is 13.1. The van der Waals surface area contributed by atoms with Crippen LogP contribution in [0.5, 0.6) is 0 Å². The normalized spacial score (nSPS) is 22.3. The first-order chi connectivity index (χ1) is 22.7. The van der Waals surface area contributed by atoms with E-state index >= 15 is 0 Å². The third-order valence-corrected chi connectivity index (χ3v) is 8.86. The van der Waals surface area contributed by atoms with Gasteiger partial charge in [0.05, 0.1) is 0 Å². The van der Waals surface area contributed by atoms with Crippen LogP contribution in [-0.4, -0.2) is 0 Å². The van der Waals surface area contributed by atoms with Crippen molar-refractivity contribution in [2.75, 3.05) is 0 Å². The lowest BCUT2D eigenvalue weighted by molar-refractivity contribution is 1.26. The highest BCUT2D eigenvalue weighted by atomic mass is 14.2. The van der Waals surface area contributed by atoms with E-state index in [-0.39, 0.29) is 0 Å².